The van der Waals surface area contributed by atoms with Crippen molar-refractivity contribution in [2.45, 2.75) is 37.4 Å². The molecule has 7 N–H and O–H groups in total. The molecule has 0 aromatic carbocycles. The summed E-state index contributed by atoms with van der Waals surface area (Å²) in [5, 5.41) is 5.47. The standard InChI is InChI=1S/C12H14N6O2.C7H11N3O2.H2/c19-11-9(1-7-3-13-5-15-7)17-12(20)10(18-11)2-8-4-14-6-16-8;1-12-7(11)6(8)2-5-3-9-4-10-5;/h3-6,9-10H,1-2H2,(H,13,15)(H,14,16)(H,17,20)(H,18,19);3-4,6H,2,8H2,1H3,(H,9,10);1H/i;;1+2D. The lowest BCUT2D eigenvalue weighted by molar-refractivity contribution is -0.142. The number of rotatable bonds is 7. The minimum Gasteiger partial charge on any atom is -0.468 e. The Bertz CT molecular complexity index is 943. The van der Waals surface area contributed by atoms with E-state index < -0.39 is 24.1 Å². The first-order valence-electron chi connectivity index (χ1n) is 10.8. The zero-order chi connectivity index (χ0) is 24.9. The Kier molecular flexibility index (Phi) is 7.21. The van der Waals surface area contributed by atoms with Crippen LogP contribution in [0.15, 0.2) is 37.6 Å². The number of hydrogen-bond acceptors (Lipinski definition) is 8. The van der Waals surface area contributed by atoms with Gasteiger partial charge in [0.25, 0.3) is 0 Å². The third-order valence-corrected chi connectivity index (χ3v) is 4.72. The number of amides is 2. The summed E-state index contributed by atoms with van der Waals surface area (Å²) in [6, 6.07) is -1.75. The lowest BCUT2D eigenvalue weighted by Gasteiger charge is -2.29. The van der Waals surface area contributed by atoms with E-state index in [9.17, 15) is 14.4 Å². The lowest BCUT2D eigenvalue weighted by atomic mass is 10.0. The number of aromatic nitrogens is 6. The van der Waals surface area contributed by atoms with Crippen LogP contribution in [0, 0.1) is 0 Å². The Morgan fingerprint density at radius 2 is 1.44 bits per heavy atom. The number of carbonyl (C=O) groups is 3. The summed E-state index contributed by atoms with van der Waals surface area (Å²) < 4.78 is 14.5. The number of piperazine rings is 1. The molecule has 0 radical (unpaired) electrons. The number of carbonyl (C=O) groups excluding carboxylic acids is 3. The fourth-order valence-corrected chi connectivity index (χ4v) is 3.06. The highest BCUT2D eigenvalue weighted by molar-refractivity contribution is 5.97. The van der Waals surface area contributed by atoms with Crippen LogP contribution in [0.3, 0.4) is 0 Å². The van der Waals surface area contributed by atoms with Crippen molar-refractivity contribution in [2.24, 2.45) is 5.73 Å². The molecular weight excluding hydrogens is 418 g/mol. The van der Waals surface area contributed by atoms with Crippen LogP contribution in [0.1, 0.15) is 20.1 Å². The van der Waals surface area contributed by atoms with Crippen molar-refractivity contribution >= 4 is 17.8 Å². The number of methoxy groups -OCH3 is 1. The number of ether oxygens (including phenoxy) is 1. The number of nitrogens with zero attached hydrogens (tertiary/aromatic N) is 3. The fraction of sp³-hybridized carbons (Fsp3) is 0.368. The summed E-state index contributed by atoms with van der Waals surface area (Å²) in [7, 11) is 1.31. The van der Waals surface area contributed by atoms with E-state index in [2.05, 4.69) is 45.3 Å². The van der Waals surface area contributed by atoms with Crippen molar-refractivity contribution in [3.63, 3.8) is 0 Å². The third-order valence-electron chi connectivity index (χ3n) is 4.72. The monoisotopic (exact) mass is 448 g/mol. The van der Waals surface area contributed by atoms with Crippen molar-refractivity contribution in [3.8, 4) is 0 Å². The van der Waals surface area contributed by atoms with Gasteiger partial charge >= 0.3 is 5.97 Å². The highest BCUT2D eigenvalue weighted by Gasteiger charge is 2.34. The Morgan fingerprint density at radius 3 is 1.81 bits per heavy atom. The number of H-pyrrole nitrogens is 3. The smallest absolute Gasteiger partial charge is 0.323 e. The molecule has 3 unspecified atom stereocenters. The van der Waals surface area contributed by atoms with Crippen LogP contribution in [0.4, 0.5) is 0 Å². The van der Waals surface area contributed by atoms with Crippen LogP contribution in [-0.4, -0.2) is 72.9 Å². The summed E-state index contributed by atoms with van der Waals surface area (Å²) >= 11 is 0. The van der Waals surface area contributed by atoms with Crippen LogP contribution in [-0.2, 0) is 38.4 Å². The van der Waals surface area contributed by atoms with Gasteiger partial charge < -0.3 is 36.1 Å². The number of esters is 1. The maximum Gasteiger partial charge on any atom is 0.323 e. The highest BCUT2D eigenvalue weighted by atomic mass is 16.5. The number of nitrogens with one attached hydrogen (secondary N) is 5. The summed E-state index contributed by atoms with van der Waals surface area (Å²) in [6.45, 7) is 0. The van der Waals surface area contributed by atoms with E-state index >= 15 is 0 Å². The molecule has 1 saturated heterocycles. The van der Waals surface area contributed by atoms with Gasteiger partial charge in [-0.2, -0.15) is 0 Å². The second kappa shape index (κ2) is 10.9. The summed E-state index contributed by atoms with van der Waals surface area (Å²) in [6.07, 6.45) is 10.7. The van der Waals surface area contributed by atoms with Crippen LogP contribution in [0.5, 0.6) is 0 Å². The molecule has 172 valence electrons. The van der Waals surface area contributed by atoms with E-state index in [1.165, 1.54) is 7.11 Å². The van der Waals surface area contributed by atoms with Gasteiger partial charge in [0.1, 0.15) is 18.1 Å². The maximum atomic E-state index is 12.0. The van der Waals surface area contributed by atoms with Crippen LogP contribution in [0.25, 0.3) is 0 Å². The number of aromatic amines is 3. The molecule has 1 fully saturated rings. The quantitative estimate of drug-likeness (QED) is 0.237. The lowest BCUT2D eigenvalue weighted by Crippen LogP contribution is -2.62. The SMILES string of the molecule is COC(=O)C(N)Cc1cnc[nH]1.O=C1NC(Cc2cnc[nH]2)C(=O)NC1Cc1cnc[nH]1.[2H][3H]. The first kappa shape index (κ1) is 21.2. The number of nitrogens with two attached hydrogens (primary N) is 1. The zero-order valence-electron chi connectivity index (χ0n) is 19.4. The molecule has 4 heterocycles. The average Bonchev–Trinajstić information content (AvgIpc) is 3.63. The maximum absolute atomic E-state index is 12.0. The van der Waals surface area contributed by atoms with E-state index in [0.717, 1.165) is 17.1 Å². The predicted octanol–water partition coefficient (Wildman–Crippen LogP) is -1.40. The predicted molar refractivity (Wildman–Crippen MR) is 113 cm³/mol. The second-order valence-electron chi connectivity index (χ2n) is 7.09. The molecule has 1 aliphatic heterocycles. The number of imidazole rings is 3. The Morgan fingerprint density at radius 1 is 1.00 bits per heavy atom. The minimum absolute atomic E-state index is 0.191. The van der Waals surface area contributed by atoms with E-state index in [-0.39, 0.29) is 11.8 Å². The largest absolute Gasteiger partial charge is 0.468 e. The minimum atomic E-state index is -0.615. The van der Waals surface area contributed by atoms with Crippen molar-refractivity contribution in [3.05, 3.63) is 54.7 Å². The molecule has 0 saturated carbocycles. The van der Waals surface area contributed by atoms with Gasteiger partial charge in [-0.1, -0.05) is 0 Å². The van der Waals surface area contributed by atoms with Gasteiger partial charge in [0.05, 0.1) is 26.1 Å². The van der Waals surface area contributed by atoms with Crippen molar-refractivity contribution in [1.82, 2.24) is 40.5 Å². The van der Waals surface area contributed by atoms with E-state index in [4.69, 9.17) is 8.70 Å². The molecule has 3 aromatic heterocycles. The fourth-order valence-electron chi connectivity index (χ4n) is 3.06. The molecular formula is C19H27N9O4. The summed E-state index contributed by atoms with van der Waals surface area (Å²) in [5.41, 5.74) is 7.93. The molecule has 13 nitrogen and oxygen atoms in total. The molecule has 3 atom stereocenters. The topological polar surface area (TPSA) is 197 Å². The molecule has 0 bridgehead atoms. The normalized spacial score (nSPS) is 18.9. The average molecular weight is 448 g/mol. The van der Waals surface area contributed by atoms with Gasteiger partial charge in [-0.3, -0.25) is 14.4 Å². The van der Waals surface area contributed by atoms with E-state index in [0.29, 0.717) is 19.3 Å². The van der Waals surface area contributed by atoms with Gasteiger partial charge in [0, 0.05) is 57.9 Å². The Balaban J connectivity index is 0.000000251. The molecule has 0 spiro atoms. The molecule has 3 aromatic rings. The Labute approximate surface area is 186 Å². The van der Waals surface area contributed by atoms with Crippen LogP contribution >= 0.6 is 0 Å². The molecule has 32 heavy (non-hydrogen) atoms. The van der Waals surface area contributed by atoms with Crippen molar-refractivity contribution < 1.29 is 22.1 Å². The first-order valence-corrected chi connectivity index (χ1v) is 9.82. The Hall–Kier alpha value is -4.00. The molecule has 0 aliphatic carbocycles. The van der Waals surface area contributed by atoms with Gasteiger partial charge in [-0.15, -0.1) is 0 Å². The van der Waals surface area contributed by atoms with Gasteiger partial charge in [-0.25, -0.2) is 15.0 Å². The zero-order valence-corrected chi connectivity index (χ0v) is 17.4. The van der Waals surface area contributed by atoms with Crippen LogP contribution in [0.2, 0.25) is 0 Å². The molecule has 4 rings (SSSR count). The molecule has 13 heteroatoms. The third kappa shape index (κ3) is 6.25. The number of hydrogen-bond donors (Lipinski definition) is 6. The van der Waals surface area contributed by atoms with E-state index in [1.54, 1.807) is 37.6 Å². The van der Waals surface area contributed by atoms with Crippen molar-refractivity contribution in [1.29, 1.82) is 0 Å². The summed E-state index contributed by atoms with van der Waals surface area (Å²) in [5.74, 6) is -0.794. The molecule has 2 amide bonds. The van der Waals surface area contributed by atoms with Crippen LogP contribution < -0.4 is 16.4 Å². The first-order chi connectivity index (χ1) is 16.5. The van der Waals surface area contributed by atoms with Gasteiger partial charge in [0.2, 0.25) is 11.8 Å². The molecule has 1 aliphatic rings. The van der Waals surface area contributed by atoms with E-state index in [1.807, 2.05) is 0 Å². The summed E-state index contributed by atoms with van der Waals surface area (Å²) in [4.78, 5) is 55.1. The van der Waals surface area contributed by atoms with Gasteiger partial charge in [0.15, 0.2) is 0 Å². The van der Waals surface area contributed by atoms with Gasteiger partial charge in [-0.05, 0) is 0 Å². The van der Waals surface area contributed by atoms with Crippen molar-refractivity contribution in [2.75, 3.05) is 7.11 Å². The second-order valence-corrected chi connectivity index (χ2v) is 7.09. The highest BCUT2D eigenvalue weighted by Crippen LogP contribution is 2.07.